The van der Waals surface area contributed by atoms with Gasteiger partial charge in [-0.3, -0.25) is 9.59 Å². The second-order valence-corrected chi connectivity index (χ2v) is 4.81. The number of carbonyl (C=O) groups is 2. The SMILES string of the molecule is CCC/C=C\COC(=O)CCC(=O)Oc1cccc(Cl)c1. The van der Waals surface area contributed by atoms with E-state index in [2.05, 4.69) is 6.92 Å². The Morgan fingerprint density at radius 2 is 1.95 bits per heavy atom. The topological polar surface area (TPSA) is 52.6 Å². The molecule has 0 saturated heterocycles. The Morgan fingerprint density at radius 3 is 2.67 bits per heavy atom. The van der Waals surface area contributed by atoms with Crippen LogP contribution in [0.5, 0.6) is 5.75 Å². The first kappa shape index (κ1) is 17.2. The van der Waals surface area contributed by atoms with Crippen molar-refractivity contribution in [3.05, 3.63) is 41.4 Å². The molecule has 114 valence electrons. The number of allylic oxidation sites excluding steroid dienone is 1. The third kappa shape index (κ3) is 8.15. The number of unbranched alkanes of at least 4 members (excludes halogenated alkanes) is 1. The zero-order valence-corrected chi connectivity index (χ0v) is 12.8. The van der Waals surface area contributed by atoms with Crippen LogP contribution >= 0.6 is 11.6 Å². The van der Waals surface area contributed by atoms with Gasteiger partial charge in [-0.15, -0.1) is 0 Å². The van der Waals surface area contributed by atoms with E-state index in [1.54, 1.807) is 24.3 Å². The molecule has 0 heterocycles. The van der Waals surface area contributed by atoms with Gasteiger partial charge in [-0.25, -0.2) is 0 Å². The van der Waals surface area contributed by atoms with Crippen molar-refractivity contribution < 1.29 is 19.1 Å². The lowest BCUT2D eigenvalue weighted by Gasteiger charge is -2.04. The Hall–Kier alpha value is -1.81. The molecule has 0 fully saturated rings. The lowest BCUT2D eigenvalue weighted by atomic mass is 10.3. The molecule has 0 aliphatic carbocycles. The van der Waals surface area contributed by atoms with Crippen LogP contribution in [0.2, 0.25) is 5.02 Å². The van der Waals surface area contributed by atoms with E-state index in [1.165, 1.54) is 6.07 Å². The normalized spacial score (nSPS) is 10.6. The van der Waals surface area contributed by atoms with E-state index in [0.717, 1.165) is 12.8 Å². The van der Waals surface area contributed by atoms with Crippen molar-refractivity contribution in [1.29, 1.82) is 0 Å². The molecule has 1 aromatic carbocycles. The van der Waals surface area contributed by atoms with Crippen LogP contribution in [-0.4, -0.2) is 18.5 Å². The first-order valence-corrected chi connectivity index (χ1v) is 7.26. The van der Waals surface area contributed by atoms with Gasteiger partial charge in [-0.2, -0.15) is 0 Å². The van der Waals surface area contributed by atoms with E-state index in [4.69, 9.17) is 21.1 Å². The lowest BCUT2D eigenvalue weighted by Crippen LogP contribution is -2.12. The van der Waals surface area contributed by atoms with Crippen LogP contribution in [0.4, 0.5) is 0 Å². The van der Waals surface area contributed by atoms with Gasteiger partial charge in [0.2, 0.25) is 0 Å². The Bertz CT molecular complexity index is 497. The Balaban J connectivity index is 2.22. The molecule has 21 heavy (non-hydrogen) atoms. The molecule has 0 saturated carbocycles. The van der Waals surface area contributed by atoms with Gasteiger partial charge in [-0.1, -0.05) is 43.2 Å². The van der Waals surface area contributed by atoms with Gasteiger partial charge in [0.05, 0.1) is 12.8 Å². The minimum atomic E-state index is -0.490. The quantitative estimate of drug-likeness (QED) is 0.415. The summed E-state index contributed by atoms with van der Waals surface area (Å²) in [6.07, 6.45) is 5.75. The van der Waals surface area contributed by atoms with Crippen LogP contribution in [0, 0.1) is 0 Å². The average Bonchev–Trinajstić information content (AvgIpc) is 2.45. The fourth-order valence-electron chi connectivity index (χ4n) is 1.48. The van der Waals surface area contributed by atoms with Crippen LogP contribution < -0.4 is 4.74 Å². The fourth-order valence-corrected chi connectivity index (χ4v) is 1.66. The summed E-state index contributed by atoms with van der Waals surface area (Å²) in [5, 5.41) is 0.485. The van der Waals surface area contributed by atoms with Gasteiger partial charge < -0.3 is 9.47 Å². The number of hydrogen-bond donors (Lipinski definition) is 0. The molecule has 0 unspecified atom stereocenters. The summed E-state index contributed by atoms with van der Waals surface area (Å²) in [7, 11) is 0. The van der Waals surface area contributed by atoms with Gasteiger partial charge >= 0.3 is 11.9 Å². The number of benzene rings is 1. The van der Waals surface area contributed by atoms with Crippen molar-refractivity contribution in [3.8, 4) is 5.75 Å². The van der Waals surface area contributed by atoms with E-state index in [1.807, 2.05) is 6.08 Å². The highest BCUT2D eigenvalue weighted by Crippen LogP contribution is 2.17. The molecule has 0 aliphatic rings. The van der Waals surface area contributed by atoms with E-state index in [-0.39, 0.29) is 19.4 Å². The van der Waals surface area contributed by atoms with Crippen molar-refractivity contribution >= 4 is 23.5 Å². The molecule has 4 nitrogen and oxygen atoms in total. The number of hydrogen-bond acceptors (Lipinski definition) is 4. The maximum Gasteiger partial charge on any atom is 0.311 e. The predicted molar refractivity (Wildman–Crippen MR) is 81.3 cm³/mol. The summed E-state index contributed by atoms with van der Waals surface area (Å²) in [6, 6.07) is 6.53. The predicted octanol–water partition coefficient (Wildman–Crippen LogP) is 3.93. The first-order chi connectivity index (χ1) is 10.1. The molecular weight excluding hydrogens is 292 g/mol. The van der Waals surface area contributed by atoms with E-state index >= 15 is 0 Å². The van der Waals surface area contributed by atoms with Crippen LogP contribution in [-0.2, 0) is 14.3 Å². The second-order valence-electron chi connectivity index (χ2n) is 4.37. The van der Waals surface area contributed by atoms with Crippen LogP contribution in [0.3, 0.4) is 0 Å². The monoisotopic (exact) mass is 310 g/mol. The van der Waals surface area contributed by atoms with Gasteiger partial charge in [-0.05, 0) is 24.6 Å². The van der Waals surface area contributed by atoms with Crippen molar-refractivity contribution in [1.82, 2.24) is 0 Å². The highest BCUT2D eigenvalue weighted by Gasteiger charge is 2.09. The zero-order valence-electron chi connectivity index (χ0n) is 12.0. The number of ether oxygens (including phenoxy) is 2. The summed E-state index contributed by atoms with van der Waals surface area (Å²) < 4.78 is 10.0. The Labute approximate surface area is 129 Å². The van der Waals surface area contributed by atoms with Crippen LogP contribution in [0.15, 0.2) is 36.4 Å². The fraction of sp³-hybridized carbons (Fsp3) is 0.375. The molecule has 0 N–H and O–H groups in total. The van der Waals surface area contributed by atoms with Crippen molar-refractivity contribution in [2.75, 3.05) is 6.61 Å². The molecule has 0 radical (unpaired) electrons. The molecular formula is C16H19ClO4. The molecule has 0 aliphatic heterocycles. The van der Waals surface area contributed by atoms with Crippen LogP contribution in [0.25, 0.3) is 0 Å². The Morgan fingerprint density at radius 1 is 1.19 bits per heavy atom. The van der Waals surface area contributed by atoms with Crippen molar-refractivity contribution in [2.24, 2.45) is 0 Å². The maximum atomic E-state index is 11.6. The first-order valence-electron chi connectivity index (χ1n) is 6.88. The molecule has 5 heteroatoms. The molecule has 1 aromatic rings. The van der Waals surface area contributed by atoms with E-state index in [9.17, 15) is 9.59 Å². The third-order valence-electron chi connectivity index (χ3n) is 2.52. The number of esters is 2. The van der Waals surface area contributed by atoms with Gasteiger partial charge in [0.25, 0.3) is 0 Å². The minimum absolute atomic E-state index is 0.00101. The smallest absolute Gasteiger partial charge is 0.311 e. The van der Waals surface area contributed by atoms with Crippen molar-refractivity contribution in [2.45, 2.75) is 32.6 Å². The maximum absolute atomic E-state index is 11.6. The minimum Gasteiger partial charge on any atom is -0.461 e. The van der Waals surface area contributed by atoms with E-state index < -0.39 is 11.9 Å². The van der Waals surface area contributed by atoms with Crippen LogP contribution in [0.1, 0.15) is 32.6 Å². The van der Waals surface area contributed by atoms with Crippen molar-refractivity contribution in [3.63, 3.8) is 0 Å². The standard InChI is InChI=1S/C16H19ClO4/c1-2-3-4-5-11-20-15(18)9-10-16(19)21-14-8-6-7-13(17)12-14/h4-8,12H,2-3,9-11H2,1H3/b5-4-. The summed E-state index contributed by atoms with van der Waals surface area (Å²) >= 11 is 5.78. The van der Waals surface area contributed by atoms with E-state index in [0.29, 0.717) is 10.8 Å². The average molecular weight is 311 g/mol. The van der Waals surface area contributed by atoms with Gasteiger partial charge in [0.15, 0.2) is 0 Å². The third-order valence-corrected chi connectivity index (χ3v) is 2.76. The Kier molecular flexibility index (Phi) is 8.21. The molecule has 0 aromatic heterocycles. The highest BCUT2D eigenvalue weighted by molar-refractivity contribution is 6.30. The number of halogens is 1. The summed E-state index contributed by atoms with van der Waals surface area (Å²) in [6.45, 7) is 2.31. The second kappa shape index (κ2) is 10.00. The molecule has 0 amide bonds. The highest BCUT2D eigenvalue weighted by atomic mass is 35.5. The number of rotatable bonds is 8. The molecule has 1 rings (SSSR count). The number of carbonyl (C=O) groups excluding carboxylic acids is 2. The van der Waals surface area contributed by atoms with Gasteiger partial charge in [0.1, 0.15) is 12.4 Å². The molecule has 0 atom stereocenters. The molecule has 0 spiro atoms. The summed E-state index contributed by atoms with van der Waals surface area (Å²) in [4.78, 5) is 23.0. The van der Waals surface area contributed by atoms with Gasteiger partial charge in [0, 0.05) is 5.02 Å². The summed E-state index contributed by atoms with van der Waals surface area (Å²) in [5.41, 5.74) is 0. The lowest BCUT2D eigenvalue weighted by molar-refractivity contribution is -0.145. The zero-order chi connectivity index (χ0) is 15.5. The largest absolute Gasteiger partial charge is 0.461 e. The summed E-state index contributed by atoms with van der Waals surface area (Å²) in [5.74, 6) is -0.543. The molecule has 0 bridgehead atoms.